The van der Waals surface area contributed by atoms with E-state index < -0.39 is 0 Å². The molecule has 0 unspecified atom stereocenters. The van der Waals surface area contributed by atoms with Gasteiger partial charge in [-0.25, -0.2) is 29.9 Å². The summed E-state index contributed by atoms with van der Waals surface area (Å²) in [5.74, 6) is 2.86. The molecule has 8 bridgehead atoms. The van der Waals surface area contributed by atoms with E-state index >= 15 is 0 Å². The van der Waals surface area contributed by atoms with Gasteiger partial charge in [0.25, 0.3) is 0 Å². The zero-order chi connectivity index (χ0) is 27.8. The molecule has 0 aliphatic carbocycles. The van der Waals surface area contributed by atoms with Crippen molar-refractivity contribution in [2.45, 2.75) is 100 Å². The summed E-state index contributed by atoms with van der Waals surface area (Å²) in [6.45, 7) is 17.3. The summed E-state index contributed by atoms with van der Waals surface area (Å²) in [5, 5.41) is 0. The van der Waals surface area contributed by atoms with Crippen LogP contribution >= 0.6 is 0 Å². The van der Waals surface area contributed by atoms with Crippen LogP contribution in [0.1, 0.15) is 120 Å². The fourth-order valence-electron chi connectivity index (χ4n) is 6.04. The Labute approximate surface area is 230 Å². The van der Waals surface area contributed by atoms with Crippen LogP contribution in [-0.2, 0) is 25.7 Å². The predicted molar refractivity (Wildman–Crippen MR) is 160 cm³/mol. The highest BCUT2D eigenvalue weighted by molar-refractivity contribution is 5.92. The molecule has 2 aliphatic rings. The van der Waals surface area contributed by atoms with Crippen LogP contribution in [-0.4, -0.2) is 39.9 Å². The van der Waals surface area contributed by atoms with Crippen LogP contribution in [0.4, 0.5) is 0 Å². The number of nitrogens with one attached hydrogen (secondary N) is 2. The molecule has 2 N–H and O–H groups in total. The van der Waals surface area contributed by atoms with Gasteiger partial charge in [-0.05, 0) is 51.9 Å². The Kier molecular flexibility index (Phi) is 7.47. The smallest absolute Gasteiger partial charge is 0.160 e. The number of aromatic amines is 2. The molecule has 3 aromatic heterocycles. The molecule has 5 rings (SSSR count). The van der Waals surface area contributed by atoms with Gasteiger partial charge >= 0.3 is 0 Å². The summed E-state index contributed by atoms with van der Waals surface area (Å²) in [4.78, 5) is 37.5. The van der Waals surface area contributed by atoms with E-state index in [-0.39, 0.29) is 0 Å². The van der Waals surface area contributed by atoms with Crippen molar-refractivity contribution in [2.75, 3.05) is 0 Å². The minimum Gasteiger partial charge on any atom is -0.324 e. The Hall–Kier alpha value is -3.68. The monoisotopic (exact) mass is 524 g/mol. The average Bonchev–Trinajstić information content (AvgIpc) is 3.64. The number of fused-ring (bicyclic) bond motifs is 8. The molecule has 0 atom stereocenters. The van der Waals surface area contributed by atoms with E-state index in [9.17, 15) is 0 Å². The topological polar surface area (TPSA) is 109 Å². The molecule has 5 heterocycles. The van der Waals surface area contributed by atoms with Gasteiger partial charge in [0.2, 0.25) is 0 Å². The third-order valence-corrected chi connectivity index (χ3v) is 8.08. The summed E-state index contributed by atoms with van der Waals surface area (Å²) < 4.78 is 0. The molecule has 204 valence electrons. The lowest BCUT2D eigenvalue weighted by molar-refractivity contribution is 1.03. The first-order valence-corrected chi connectivity index (χ1v) is 14.6. The Morgan fingerprint density at radius 1 is 0.385 bits per heavy atom. The van der Waals surface area contributed by atoms with Crippen molar-refractivity contribution in [3.8, 4) is 0 Å². The van der Waals surface area contributed by atoms with E-state index in [4.69, 9.17) is 29.9 Å². The van der Waals surface area contributed by atoms with Crippen molar-refractivity contribution in [1.29, 1.82) is 0 Å². The van der Waals surface area contributed by atoms with Gasteiger partial charge in [0.1, 0.15) is 22.6 Å². The fraction of sp³-hybridized carbons (Fsp3) is 0.484. The second-order valence-electron chi connectivity index (χ2n) is 10.1. The summed E-state index contributed by atoms with van der Waals surface area (Å²) in [7, 11) is 0. The highest BCUT2D eigenvalue weighted by atomic mass is 15.1. The summed E-state index contributed by atoms with van der Waals surface area (Å²) in [6, 6.07) is 0. The zero-order valence-electron chi connectivity index (χ0n) is 24.6. The Balaban J connectivity index is 2.02. The van der Waals surface area contributed by atoms with Crippen LogP contribution in [0.3, 0.4) is 0 Å². The normalized spacial score (nSPS) is 13.6. The molecule has 0 fully saturated rings. The number of allylic oxidation sites excluding steroid dienone is 4. The molecule has 39 heavy (non-hydrogen) atoms. The lowest BCUT2D eigenvalue weighted by Gasteiger charge is -2.02. The number of H-pyrrole nitrogens is 2. The van der Waals surface area contributed by atoms with Crippen molar-refractivity contribution in [1.82, 2.24) is 39.9 Å². The summed E-state index contributed by atoms with van der Waals surface area (Å²) >= 11 is 0. The molecule has 8 nitrogen and oxygen atoms in total. The Morgan fingerprint density at radius 3 is 1.10 bits per heavy atom. The largest absolute Gasteiger partial charge is 0.324 e. The molecule has 0 saturated heterocycles. The van der Waals surface area contributed by atoms with E-state index in [1.807, 2.05) is 0 Å². The molecule has 0 aromatic carbocycles. The molecule has 0 amide bonds. The van der Waals surface area contributed by atoms with Crippen molar-refractivity contribution < 1.29 is 0 Å². The van der Waals surface area contributed by atoms with Crippen LogP contribution in [0.2, 0.25) is 0 Å². The number of hydrogen-bond acceptors (Lipinski definition) is 6. The maximum Gasteiger partial charge on any atom is 0.160 e. The minimum absolute atomic E-state index is 0.689. The van der Waals surface area contributed by atoms with Gasteiger partial charge in [0.05, 0.1) is 0 Å². The zero-order valence-corrected chi connectivity index (χ0v) is 24.6. The van der Waals surface area contributed by atoms with Crippen LogP contribution in [0.25, 0.3) is 44.9 Å². The van der Waals surface area contributed by atoms with Crippen molar-refractivity contribution >= 4 is 44.9 Å². The van der Waals surface area contributed by atoms with Crippen LogP contribution in [0.15, 0.2) is 0 Å². The van der Waals surface area contributed by atoms with Gasteiger partial charge < -0.3 is 9.97 Å². The summed E-state index contributed by atoms with van der Waals surface area (Å²) in [6.07, 6.45) is 5.94. The van der Waals surface area contributed by atoms with Crippen molar-refractivity contribution in [3.05, 3.63) is 45.6 Å². The SMILES string of the molecule is CCC1=C(C)c2nc1nc1[nH]c(nc3[nH]c(nc4nc(n2)C(CC)=C4CC)c(CC)c3CC)c(CC)c1CC. The number of rotatable bonds is 7. The summed E-state index contributed by atoms with van der Waals surface area (Å²) in [5.41, 5.74) is 12.6. The Bertz CT molecular complexity index is 1670. The standard InChI is InChI=1S/C31H40N8/c1-9-17-16(8)24-32-25(17)34-27-20(12-4)21(13-5)29(36-27)38-31-23(15-7)22(14-6)30(39-31)37-28-19(11-3)18(10-2)26(33-24)35-28/h9-15H2,1-8H3,(H2,32,33,34,35,36,37,38,39). The van der Waals surface area contributed by atoms with Crippen molar-refractivity contribution in [3.63, 3.8) is 0 Å². The maximum absolute atomic E-state index is 5.17. The highest BCUT2D eigenvalue weighted by Gasteiger charge is 2.24. The van der Waals surface area contributed by atoms with Gasteiger partial charge in [0.15, 0.2) is 23.3 Å². The molecule has 0 spiro atoms. The third-order valence-electron chi connectivity index (χ3n) is 8.08. The van der Waals surface area contributed by atoms with E-state index in [1.165, 1.54) is 22.3 Å². The van der Waals surface area contributed by atoms with Gasteiger partial charge in [0, 0.05) is 44.5 Å². The maximum atomic E-state index is 5.17. The van der Waals surface area contributed by atoms with E-state index in [1.54, 1.807) is 0 Å². The first kappa shape index (κ1) is 26.9. The van der Waals surface area contributed by atoms with E-state index in [0.29, 0.717) is 11.6 Å². The number of aryl methyl sites for hydroxylation is 4. The number of hydrogen-bond donors (Lipinski definition) is 2. The molecule has 3 aromatic rings. The lowest BCUT2D eigenvalue weighted by Crippen LogP contribution is -1.92. The van der Waals surface area contributed by atoms with E-state index in [0.717, 1.165) is 101 Å². The van der Waals surface area contributed by atoms with Gasteiger partial charge in [-0.15, -0.1) is 0 Å². The Morgan fingerprint density at radius 2 is 0.718 bits per heavy atom. The molecule has 0 saturated carbocycles. The second-order valence-corrected chi connectivity index (χ2v) is 10.1. The molecule has 2 aliphatic heterocycles. The minimum atomic E-state index is 0.689. The number of aromatic nitrogens is 8. The first-order valence-electron chi connectivity index (χ1n) is 14.6. The molecule has 8 heteroatoms. The second kappa shape index (κ2) is 10.8. The van der Waals surface area contributed by atoms with Gasteiger partial charge in [-0.2, -0.15) is 0 Å². The van der Waals surface area contributed by atoms with Crippen molar-refractivity contribution in [2.24, 2.45) is 0 Å². The molecular formula is C31H40N8. The van der Waals surface area contributed by atoms with E-state index in [2.05, 4.69) is 65.4 Å². The van der Waals surface area contributed by atoms with Gasteiger partial charge in [-0.3, -0.25) is 0 Å². The van der Waals surface area contributed by atoms with Crippen LogP contribution < -0.4 is 0 Å². The highest BCUT2D eigenvalue weighted by Crippen LogP contribution is 2.35. The first-order chi connectivity index (χ1) is 18.9. The third kappa shape index (κ3) is 4.39. The van der Waals surface area contributed by atoms with Gasteiger partial charge in [-0.1, -0.05) is 48.5 Å². The number of nitrogens with zero attached hydrogens (tertiary/aromatic N) is 6. The van der Waals surface area contributed by atoms with Crippen LogP contribution in [0.5, 0.6) is 0 Å². The lowest BCUT2D eigenvalue weighted by atomic mass is 10.0. The van der Waals surface area contributed by atoms with Crippen LogP contribution in [0, 0.1) is 0 Å². The predicted octanol–water partition coefficient (Wildman–Crippen LogP) is 7.22. The molecule has 0 radical (unpaired) electrons. The fourth-order valence-corrected chi connectivity index (χ4v) is 6.04. The molecular weight excluding hydrogens is 484 g/mol. The quantitative estimate of drug-likeness (QED) is 0.338. The average molecular weight is 525 g/mol.